The molecule has 1 aromatic heterocycles. The van der Waals surface area contributed by atoms with Gasteiger partial charge in [-0.1, -0.05) is 13.8 Å². The van der Waals surface area contributed by atoms with E-state index in [1.165, 1.54) is 0 Å². The second-order valence-corrected chi connectivity index (χ2v) is 4.50. The van der Waals surface area contributed by atoms with Crippen molar-refractivity contribution >= 4 is 5.91 Å². The van der Waals surface area contributed by atoms with Crippen LogP contribution in [0.1, 0.15) is 24.3 Å². The van der Waals surface area contributed by atoms with Gasteiger partial charge in [-0.15, -0.1) is 0 Å². The minimum absolute atomic E-state index is 0.103. The monoisotopic (exact) mass is 207 g/mol. The molecule has 0 N–H and O–H groups in total. The molecule has 0 radical (unpaired) electrons. The van der Waals surface area contributed by atoms with E-state index < -0.39 is 0 Å². The predicted molar refractivity (Wildman–Crippen MR) is 57.4 cm³/mol. The molecule has 0 bridgehead atoms. The van der Waals surface area contributed by atoms with Crippen molar-refractivity contribution in [1.29, 1.82) is 0 Å². The zero-order valence-electron chi connectivity index (χ0n) is 9.47. The first-order valence-corrected chi connectivity index (χ1v) is 5.37. The first-order chi connectivity index (χ1) is 7.09. The summed E-state index contributed by atoms with van der Waals surface area (Å²) >= 11 is 0. The minimum Gasteiger partial charge on any atom is -0.337 e. The lowest BCUT2D eigenvalue weighted by Gasteiger charge is -2.15. The van der Waals surface area contributed by atoms with Gasteiger partial charge in [-0.2, -0.15) is 5.10 Å². The number of rotatable bonds is 1. The van der Waals surface area contributed by atoms with Gasteiger partial charge in [0, 0.05) is 26.3 Å². The van der Waals surface area contributed by atoms with Crippen LogP contribution in [-0.4, -0.2) is 33.7 Å². The van der Waals surface area contributed by atoms with Gasteiger partial charge in [-0.25, -0.2) is 0 Å². The normalized spacial score (nSPS) is 25.9. The summed E-state index contributed by atoms with van der Waals surface area (Å²) in [6, 6.07) is 1.77. The first-order valence-electron chi connectivity index (χ1n) is 5.37. The lowest BCUT2D eigenvalue weighted by atomic mass is 10.0. The summed E-state index contributed by atoms with van der Waals surface area (Å²) in [5.41, 5.74) is 0.677. The number of aromatic nitrogens is 2. The zero-order valence-corrected chi connectivity index (χ0v) is 9.47. The van der Waals surface area contributed by atoms with Crippen LogP contribution in [0.5, 0.6) is 0 Å². The number of amides is 1. The molecule has 0 spiro atoms. The number of nitrogens with zero attached hydrogens (tertiary/aromatic N) is 3. The molecule has 1 aliphatic heterocycles. The molecule has 1 saturated heterocycles. The molecule has 2 atom stereocenters. The summed E-state index contributed by atoms with van der Waals surface area (Å²) in [5, 5.41) is 4.02. The minimum atomic E-state index is 0.103. The average Bonchev–Trinajstić information content (AvgIpc) is 2.74. The van der Waals surface area contributed by atoms with Gasteiger partial charge in [-0.3, -0.25) is 9.48 Å². The summed E-state index contributed by atoms with van der Waals surface area (Å²) < 4.78 is 1.63. The molecular weight excluding hydrogens is 190 g/mol. The molecular formula is C11H17N3O. The smallest absolute Gasteiger partial charge is 0.272 e. The standard InChI is InChI=1S/C11H17N3O/c1-8-6-14(7-9(8)2)11(15)10-4-5-12-13(10)3/h4-5,8-9H,6-7H2,1-3H3. The predicted octanol–water partition coefficient (Wildman–Crippen LogP) is 1.15. The van der Waals surface area contributed by atoms with Crippen LogP contribution in [0.4, 0.5) is 0 Å². The van der Waals surface area contributed by atoms with Gasteiger partial charge >= 0.3 is 0 Å². The van der Waals surface area contributed by atoms with Crippen molar-refractivity contribution in [3.8, 4) is 0 Å². The highest BCUT2D eigenvalue weighted by atomic mass is 16.2. The Labute approximate surface area is 89.9 Å². The molecule has 1 aromatic rings. The van der Waals surface area contributed by atoms with E-state index >= 15 is 0 Å². The summed E-state index contributed by atoms with van der Waals surface area (Å²) in [7, 11) is 1.80. The fourth-order valence-corrected chi connectivity index (χ4v) is 2.04. The van der Waals surface area contributed by atoms with Crippen LogP contribution < -0.4 is 0 Å². The maximum Gasteiger partial charge on any atom is 0.272 e. The zero-order chi connectivity index (χ0) is 11.0. The number of likely N-dealkylation sites (tertiary alicyclic amines) is 1. The van der Waals surface area contributed by atoms with E-state index in [0.29, 0.717) is 17.5 Å². The molecule has 0 aromatic carbocycles. The molecule has 0 saturated carbocycles. The third-order valence-electron chi connectivity index (χ3n) is 3.32. The van der Waals surface area contributed by atoms with Gasteiger partial charge in [0.1, 0.15) is 5.69 Å². The van der Waals surface area contributed by atoms with Crippen molar-refractivity contribution in [3.05, 3.63) is 18.0 Å². The van der Waals surface area contributed by atoms with Gasteiger partial charge in [0.15, 0.2) is 0 Å². The van der Waals surface area contributed by atoms with E-state index in [1.54, 1.807) is 24.0 Å². The summed E-state index contributed by atoms with van der Waals surface area (Å²) in [5.74, 6) is 1.30. The molecule has 1 aliphatic rings. The second kappa shape index (κ2) is 3.68. The van der Waals surface area contributed by atoms with Gasteiger partial charge in [0.05, 0.1) is 0 Å². The number of hydrogen-bond donors (Lipinski definition) is 0. The van der Waals surface area contributed by atoms with E-state index in [1.807, 2.05) is 4.90 Å². The lowest BCUT2D eigenvalue weighted by molar-refractivity contribution is 0.0774. The highest BCUT2D eigenvalue weighted by Crippen LogP contribution is 2.23. The van der Waals surface area contributed by atoms with E-state index in [0.717, 1.165) is 13.1 Å². The number of hydrogen-bond acceptors (Lipinski definition) is 2. The Bertz CT molecular complexity index is 362. The van der Waals surface area contributed by atoms with E-state index in [4.69, 9.17) is 0 Å². The van der Waals surface area contributed by atoms with Crippen molar-refractivity contribution in [3.63, 3.8) is 0 Å². The van der Waals surface area contributed by atoms with Crippen LogP contribution in [0.25, 0.3) is 0 Å². The maximum absolute atomic E-state index is 12.1. The summed E-state index contributed by atoms with van der Waals surface area (Å²) in [6.07, 6.45) is 1.66. The quantitative estimate of drug-likeness (QED) is 0.692. The van der Waals surface area contributed by atoms with Crippen LogP contribution in [0.3, 0.4) is 0 Å². The lowest BCUT2D eigenvalue weighted by Crippen LogP contribution is -2.30. The van der Waals surface area contributed by atoms with E-state index in [2.05, 4.69) is 18.9 Å². The van der Waals surface area contributed by atoms with E-state index in [-0.39, 0.29) is 5.91 Å². The number of aryl methyl sites for hydroxylation is 1. The van der Waals surface area contributed by atoms with Crippen molar-refractivity contribution in [1.82, 2.24) is 14.7 Å². The molecule has 0 aliphatic carbocycles. The van der Waals surface area contributed by atoms with E-state index in [9.17, 15) is 4.79 Å². The number of carbonyl (C=O) groups is 1. The van der Waals surface area contributed by atoms with Gasteiger partial charge in [0.2, 0.25) is 0 Å². The van der Waals surface area contributed by atoms with Gasteiger partial charge in [0.25, 0.3) is 5.91 Å². The van der Waals surface area contributed by atoms with Gasteiger partial charge in [-0.05, 0) is 17.9 Å². The van der Waals surface area contributed by atoms with Crippen LogP contribution in [0.2, 0.25) is 0 Å². The van der Waals surface area contributed by atoms with Gasteiger partial charge < -0.3 is 4.90 Å². The van der Waals surface area contributed by atoms with Crippen LogP contribution in [-0.2, 0) is 7.05 Å². The molecule has 2 unspecified atom stereocenters. The van der Waals surface area contributed by atoms with Crippen LogP contribution in [0, 0.1) is 11.8 Å². The molecule has 2 heterocycles. The summed E-state index contributed by atoms with van der Waals surface area (Å²) in [4.78, 5) is 14.0. The molecule has 1 fully saturated rings. The molecule has 15 heavy (non-hydrogen) atoms. The Balaban J connectivity index is 2.13. The van der Waals surface area contributed by atoms with Crippen molar-refractivity contribution in [2.24, 2.45) is 18.9 Å². The third-order valence-corrected chi connectivity index (χ3v) is 3.32. The molecule has 1 amide bonds. The van der Waals surface area contributed by atoms with Crippen molar-refractivity contribution in [2.75, 3.05) is 13.1 Å². The highest BCUT2D eigenvalue weighted by Gasteiger charge is 2.30. The Morgan fingerprint density at radius 1 is 1.40 bits per heavy atom. The Kier molecular flexibility index (Phi) is 2.50. The van der Waals surface area contributed by atoms with Crippen LogP contribution in [0.15, 0.2) is 12.3 Å². The maximum atomic E-state index is 12.1. The van der Waals surface area contributed by atoms with Crippen molar-refractivity contribution < 1.29 is 4.79 Å². The first kappa shape index (κ1) is 10.2. The summed E-state index contributed by atoms with van der Waals surface area (Å²) in [6.45, 7) is 6.12. The Morgan fingerprint density at radius 3 is 2.47 bits per heavy atom. The topological polar surface area (TPSA) is 38.1 Å². The largest absolute Gasteiger partial charge is 0.337 e. The number of carbonyl (C=O) groups excluding carboxylic acids is 1. The fourth-order valence-electron chi connectivity index (χ4n) is 2.04. The Hall–Kier alpha value is -1.32. The van der Waals surface area contributed by atoms with Crippen LogP contribution >= 0.6 is 0 Å². The Morgan fingerprint density at radius 2 is 2.00 bits per heavy atom. The highest BCUT2D eigenvalue weighted by molar-refractivity contribution is 5.92. The second-order valence-electron chi connectivity index (χ2n) is 4.50. The molecule has 82 valence electrons. The SMILES string of the molecule is CC1CN(C(=O)c2ccnn2C)CC1C. The molecule has 4 heteroatoms. The van der Waals surface area contributed by atoms with Crippen molar-refractivity contribution in [2.45, 2.75) is 13.8 Å². The molecule has 4 nitrogen and oxygen atoms in total. The molecule has 2 rings (SSSR count). The third kappa shape index (κ3) is 1.76. The fraction of sp³-hybridized carbons (Fsp3) is 0.636. The average molecular weight is 207 g/mol.